The molecule has 0 aliphatic rings. The first-order valence-electron chi connectivity index (χ1n) is 6.62. The minimum Gasteiger partial charge on any atom is -0.291 e. The van der Waals surface area contributed by atoms with Gasteiger partial charge < -0.3 is 0 Å². The average molecular weight is 355 g/mol. The highest BCUT2D eigenvalue weighted by Gasteiger charge is 2.12. The van der Waals surface area contributed by atoms with E-state index in [0.717, 1.165) is 11.3 Å². The van der Waals surface area contributed by atoms with Gasteiger partial charge in [0.2, 0.25) is 5.78 Å². The number of thioether (sulfide) groups is 1. The van der Waals surface area contributed by atoms with Crippen molar-refractivity contribution in [1.29, 1.82) is 0 Å². The highest BCUT2D eigenvalue weighted by Crippen LogP contribution is 2.28. The molecular weight excluding hydrogens is 343 g/mol. The molecule has 0 saturated heterocycles. The van der Waals surface area contributed by atoms with Crippen molar-refractivity contribution in [2.24, 2.45) is 0 Å². The number of nitrogens with zero attached hydrogens (tertiary/aromatic N) is 3. The maximum absolute atomic E-state index is 11.6. The average Bonchev–Trinajstić information content (AvgIpc) is 2.88. The second-order valence-electron chi connectivity index (χ2n) is 4.64. The fourth-order valence-electron chi connectivity index (χ4n) is 2.11. The van der Waals surface area contributed by atoms with Crippen LogP contribution in [0.25, 0.3) is 5.78 Å². The van der Waals surface area contributed by atoms with E-state index in [2.05, 4.69) is 15.2 Å². The molecule has 0 bridgehead atoms. The summed E-state index contributed by atoms with van der Waals surface area (Å²) in [7, 11) is 0. The zero-order valence-electron chi connectivity index (χ0n) is 11.6. The van der Waals surface area contributed by atoms with Gasteiger partial charge in [-0.15, -0.1) is 10.2 Å². The molecule has 2 heterocycles. The number of hydrogen-bond donors (Lipinski definition) is 1. The van der Waals surface area contributed by atoms with Crippen molar-refractivity contribution in [2.45, 2.75) is 24.3 Å². The predicted molar refractivity (Wildman–Crippen MR) is 89.0 cm³/mol. The van der Waals surface area contributed by atoms with Crippen molar-refractivity contribution in [3.05, 3.63) is 55.9 Å². The summed E-state index contributed by atoms with van der Waals surface area (Å²) in [6.45, 7) is 1.98. The molecular formula is C14H12Cl2N4OS. The van der Waals surface area contributed by atoms with Crippen LogP contribution in [0.2, 0.25) is 10.0 Å². The third kappa shape index (κ3) is 2.99. The molecule has 1 aromatic carbocycles. The lowest BCUT2D eigenvalue weighted by Crippen LogP contribution is -2.11. The molecule has 0 atom stereocenters. The van der Waals surface area contributed by atoms with Gasteiger partial charge in [0.25, 0.3) is 5.56 Å². The predicted octanol–water partition coefficient (Wildman–Crippen LogP) is 3.58. The van der Waals surface area contributed by atoms with Gasteiger partial charge in [0, 0.05) is 27.6 Å². The van der Waals surface area contributed by atoms with E-state index in [1.54, 1.807) is 18.2 Å². The van der Waals surface area contributed by atoms with Crippen LogP contribution in [-0.2, 0) is 12.2 Å². The first-order valence-corrected chi connectivity index (χ1v) is 8.36. The van der Waals surface area contributed by atoms with E-state index in [1.165, 1.54) is 11.8 Å². The number of benzene rings is 1. The maximum atomic E-state index is 11.6. The number of aryl methyl sites for hydroxylation is 1. The van der Waals surface area contributed by atoms with Crippen LogP contribution in [0.4, 0.5) is 0 Å². The molecule has 0 aliphatic carbocycles. The van der Waals surface area contributed by atoms with Gasteiger partial charge in [0.15, 0.2) is 5.16 Å². The second-order valence-corrected chi connectivity index (χ2v) is 6.43. The first kappa shape index (κ1) is 15.4. The SMILES string of the molecule is CCc1cc(=O)[nH]c2nnc(SCc3ccc(Cl)cc3Cl)n12. The van der Waals surface area contributed by atoms with E-state index >= 15 is 0 Å². The van der Waals surface area contributed by atoms with Crippen molar-refractivity contribution in [1.82, 2.24) is 19.6 Å². The molecule has 8 heteroatoms. The lowest BCUT2D eigenvalue weighted by Gasteiger charge is -2.06. The Morgan fingerprint density at radius 3 is 2.82 bits per heavy atom. The molecule has 114 valence electrons. The van der Waals surface area contributed by atoms with Gasteiger partial charge in [-0.3, -0.25) is 14.2 Å². The minimum absolute atomic E-state index is 0.172. The van der Waals surface area contributed by atoms with E-state index < -0.39 is 0 Å². The van der Waals surface area contributed by atoms with Gasteiger partial charge >= 0.3 is 0 Å². The van der Waals surface area contributed by atoms with Crippen LogP contribution < -0.4 is 5.56 Å². The standard InChI is InChI=1S/C14H12Cl2N4OS/c1-2-10-6-12(21)17-13-18-19-14(20(10)13)22-7-8-3-4-9(15)5-11(8)16/h3-6H,2,7H2,1H3,(H,17,18,21). The molecule has 0 fully saturated rings. The van der Waals surface area contributed by atoms with Gasteiger partial charge in [-0.25, -0.2) is 0 Å². The molecule has 0 amide bonds. The number of nitrogens with one attached hydrogen (secondary N) is 1. The molecule has 3 aromatic rings. The van der Waals surface area contributed by atoms with Gasteiger partial charge in [-0.2, -0.15) is 0 Å². The van der Waals surface area contributed by atoms with E-state index in [1.807, 2.05) is 17.4 Å². The van der Waals surface area contributed by atoms with Gasteiger partial charge in [-0.1, -0.05) is 48.0 Å². The highest BCUT2D eigenvalue weighted by molar-refractivity contribution is 7.98. The van der Waals surface area contributed by atoms with Crippen LogP contribution in [0.5, 0.6) is 0 Å². The van der Waals surface area contributed by atoms with Crippen molar-refractivity contribution < 1.29 is 0 Å². The summed E-state index contributed by atoms with van der Waals surface area (Å²) in [6.07, 6.45) is 0.716. The molecule has 0 aliphatic heterocycles. The number of H-pyrrole nitrogens is 1. The third-order valence-corrected chi connectivity index (χ3v) is 4.75. The summed E-state index contributed by atoms with van der Waals surface area (Å²) >= 11 is 13.6. The molecule has 2 aromatic heterocycles. The van der Waals surface area contributed by atoms with E-state index in [9.17, 15) is 4.79 Å². The Balaban J connectivity index is 1.93. The summed E-state index contributed by atoms with van der Waals surface area (Å²) < 4.78 is 1.86. The van der Waals surface area contributed by atoms with Crippen LogP contribution in [0.3, 0.4) is 0 Å². The Bertz CT molecular complexity index is 890. The van der Waals surface area contributed by atoms with Crippen LogP contribution in [0.15, 0.2) is 34.2 Å². The van der Waals surface area contributed by atoms with Crippen molar-refractivity contribution in [3.63, 3.8) is 0 Å². The summed E-state index contributed by atoms with van der Waals surface area (Å²) in [5.74, 6) is 1.09. The summed E-state index contributed by atoms with van der Waals surface area (Å²) in [5, 5.41) is 10.1. The molecule has 0 spiro atoms. The number of aromatic amines is 1. The first-order chi connectivity index (χ1) is 10.6. The Morgan fingerprint density at radius 2 is 2.09 bits per heavy atom. The third-order valence-electron chi connectivity index (χ3n) is 3.19. The highest BCUT2D eigenvalue weighted by atomic mass is 35.5. The molecule has 3 rings (SSSR count). The fourth-order valence-corrected chi connectivity index (χ4v) is 3.63. The zero-order chi connectivity index (χ0) is 15.7. The number of halogens is 2. The lowest BCUT2D eigenvalue weighted by atomic mass is 10.2. The lowest BCUT2D eigenvalue weighted by molar-refractivity contribution is 0.850. The van der Waals surface area contributed by atoms with Crippen molar-refractivity contribution >= 4 is 40.7 Å². The van der Waals surface area contributed by atoms with Gasteiger partial charge in [0.1, 0.15) is 0 Å². The number of fused-ring (bicyclic) bond motifs is 1. The van der Waals surface area contributed by atoms with Crippen LogP contribution >= 0.6 is 35.0 Å². The Hall–Kier alpha value is -1.50. The normalized spacial score (nSPS) is 11.2. The van der Waals surface area contributed by atoms with E-state index in [4.69, 9.17) is 23.2 Å². The van der Waals surface area contributed by atoms with Crippen LogP contribution in [0, 0.1) is 0 Å². The fraction of sp³-hybridized carbons (Fsp3) is 0.214. The van der Waals surface area contributed by atoms with Gasteiger partial charge in [0.05, 0.1) is 0 Å². The summed E-state index contributed by atoms with van der Waals surface area (Å²) in [5.41, 5.74) is 1.66. The minimum atomic E-state index is -0.172. The van der Waals surface area contributed by atoms with E-state index in [0.29, 0.717) is 33.2 Å². The molecule has 0 unspecified atom stereocenters. The van der Waals surface area contributed by atoms with Crippen molar-refractivity contribution in [2.75, 3.05) is 0 Å². The molecule has 0 radical (unpaired) electrons. The molecule has 22 heavy (non-hydrogen) atoms. The summed E-state index contributed by atoms with van der Waals surface area (Å²) in [6, 6.07) is 6.98. The topological polar surface area (TPSA) is 63.0 Å². The molecule has 1 N–H and O–H groups in total. The van der Waals surface area contributed by atoms with Crippen LogP contribution in [0.1, 0.15) is 18.2 Å². The maximum Gasteiger partial charge on any atom is 0.252 e. The van der Waals surface area contributed by atoms with Crippen LogP contribution in [-0.4, -0.2) is 19.6 Å². The largest absolute Gasteiger partial charge is 0.291 e. The summed E-state index contributed by atoms with van der Waals surface area (Å²) in [4.78, 5) is 14.2. The number of aromatic nitrogens is 4. The number of rotatable bonds is 4. The smallest absolute Gasteiger partial charge is 0.252 e. The molecule has 0 saturated carbocycles. The Labute approximate surface area is 140 Å². The second kappa shape index (κ2) is 6.32. The zero-order valence-corrected chi connectivity index (χ0v) is 14.0. The Morgan fingerprint density at radius 1 is 1.27 bits per heavy atom. The van der Waals surface area contributed by atoms with Gasteiger partial charge in [-0.05, 0) is 24.1 Å². The van der Waals surface area contributed by atoms with E-state index in [-0.39, 0.29) is 5.56 Å². The number of hydrogen-bond acceptors (Lipinski definition) is 4. The van der Waals surface area contributed by atoms with Crippen molar-refractivity contribution in [3.8, 4) is 0 Å². The Kier molecular flexibility index (Phi) is 4.42. The monoisotopic (exact) mass is 354 g/mol. The molecule has 5 nitrogen and oxygen atoms in total. The quantitative estimate of drug-likeness (QED) is 0.727.